The van der Waals surface area contributed by atoms with Gasteiger partial charge in [0, 0.05) is 6.26 Å². The van der Waals surface area contributed by atoms with Gasteiger partial charge in [-0.25, -0.2) is 21.2 Å². The molecular weight excluding hydrogens is 325 g/mol. The van der Waals surface area contributed by atoms with Gasteiger partial charge in [-0.05, 0) is 25.1 Å². The van der Waals surface area contributed by atoms with Gasteiger partial charge in [0.05, 0.1) is 12.0 Å². The predicted octanol–water partition coefficient (Wildman–Crippen LogP) is 0.0690. The Morgan fingerprint density at radius 2 is 1.86 bits per heavy atom. The first-order valence-corrected chi connectivity index (χ1v) is 8.96. The summed E-state index contributed by atoms with van der Waals surface area (Å²) in [5.74, 6) is -2.00. The van der Waals surface area contributed by atoms with Crippen LogP contribution in [0.5, 0.6) is 0 Å². The normalized spacial score (nSPS) is 13.7. The van der Waals surface area contributed by atoms with E-state index in [1.807, 2.05) is 4.72 Å². The van der Waals surface area contributed by atoms with Crippen molar-refractivity contribution in [3.8, 4) is 0 Å². The lowest BCUT2D eigenvalue weighted by Gasteiger charge is -2.13. The number of halogens is 1. The molecule has 10 heteroatoms. The van der Waals surface area contributed by atoms with Gasteiger partial charge in [-0.15, -0.1) is 0 Å². The Morgan fingerprint density at radius 1 is 1.29 bits per heavy atom. The zero-order valence-corrected chi connectivity index (χ0v) is 13.1. The number of sulfone groups is 1. The highest BCUT2D eigenvalue weighted by Gasteiger charge is 2.26. The summed E-state index contributed by atoms with van der Waals surface area (Å²) in [5.41, 5.74) is 0. The lowest BCUT2D eigenvalue weighted by molar-refractivity contribution is -0.142. The number of esters is 1. The third-order valence-electron chi connectivity index (χ3n) is 2.51. The minimum atomic E-state index is -4.42. The van der Waals surface area contributed by atoms with E-state index in [2.05, 4.69) is 4.74 Å². The molecule has 0 aliphatic rings. The highest BCUT2D eigenvalue weighted by atomic mass is 32.2. The Labute approximate surface area is 122 Å². The van der Waals surface area contributed by atoms with Crippen LogP contribution >= 0.6 is 0 Å². The molecule has 1 aromatic carbocycles. The maximum Gasteiger partial charge on any atom is 0.323 e. The molecule has 0 saturated carbocycles. The number of carbonyl (C=O) groups excluding carboxylic acids is 1. The summed E-state index contributed by atoms with van der Waals surface area (Å²) in [6.07, 6.45) is 0.862. The monoisotopic (exact) mass is 339 g/mol. The van der Waals surface area contributed by atoms with E-state index in [0.717, 1.165) is 25.5 Å². The number of benzene rings is 1. The van der Waals surface area contributed by atoms with Crippen LogP contribution in [0.3, 0.4) is 0 Å². The molecule has 1 atom stereocenters. The number of rotatable bonds is 5. The van der Waals surface area contributed by atoms with Gasteiger partial charge < -0.3 is 4.74 Å². The topological polar surface area (TPSA) is 107 Å². The average Bonchev–Trinajstić information content (AvgIpc) is 2.35. The first-order valence-electron chi connectivity index (χ1n) is 5.59. The largest absolute Gasteiger partial charge is 0.468 e. The van der Waals surface area contributed by atoms with E-state index in [1.54, 1.807) is 0 Å². The van der Waals surface area contributed by atoms with Crippen LogP contribution in [0.2, 0.25) is 0 Å². The van der Waals surface area contributed by atoms with Gasteiger partial charge in [-0.3, -0.25) is 4.79 Å². The van der Waals surface area contributed by atoms with Crippen molar-refractivity contribution in [2.24, 2.45) is 0 Å². The highest BCUT2D eigenvalue weighted by molar-refractivity contribution is 7.91. The standard InChI is InChI=1S/C11H14FNO6S2/c1-7(11(14)19-2)13-21(17,18)10-6-8(20(3,15)16)4-5-9(10)12/h4-7,13H,1-3H3/t7-/m0/s1. The molecule has 0 bridgehead atoms. The Bertz CT molecular complexity index is 757. The first-order chi connectivity index (χ1) is 9.49. The second kappa shape index (κ2) is 6.08. The van der Waals surface area contributed by atoms with Crippen LogP contribution in [-0.4, -0.2) is 42.2 Å². The van der Waals surface area contributed by atoms with Gasteiger partial charge in [0.2, 0.25) is 10.0 Å². The number of carbonyl (C=O) groups is 1. The van der Waals surface area contributed by atoms with Gasteiger partial charge in [-0.2, -0.15) is 4.72 Å². The second-order valence-electron chi connectivity index (χ2n) is 4.23. The van der Waals surface area contributed by atoms with Gasteiger partial charge in [0.1, 0.15) is 16.8 Å². The van der Waals surface area contributed by atoms with Crippen molar-refractivity contribution < 1.29 is 30.8 Å². The van der Waals surface area contributed by atoms with E-state index < -0.39 is 42.6 Å². The van der Waals surface area contributed by atoms with Crippen LogP contribution in [0.25, 0.3) is 0 Å². The molecule has 0 amide bonds. The number of methoxy groups -OCH3 is 1. The molecule has 1 N–H and O–H groups in total. The molecular formula is C11H14FNO6S2. The maximum absolute atomic E-state index is 13.7. The number of ether oxygens (including phenoxy) is 1. The molecule has 0 aromatic heterocycles. The summed E-state index contributed by atoms with van der Waals surface area (Å²) >= 11 is 0. The molecule has 0 aliphatic carbocycles. The van der Waals surface area contributed by atoms with E-state index in [9.17, 15) is 26.0 Å². The molecule has 0 spiro atoms. The summed E-state index contributed by atoms with van der Waals surface area (Å²) in [4.78, 5) is 9.98. The first kappa shape index (κ1) is 17.5. The highest BCUT2D eigenvalue weighted by Crippen LogP contribution is 2.19. The summed E-state index contributed by atoms with van der Waals surface area (Å²) in [6.45, 7) is 1.21. The quantitative estimate of drug-likeness (QED) is 0.601. The van der Waals surface area contributed by atoms with Crippen LogP contribution in [0.15, 0.2) is 28.0 Å². The molecule has 21 heavy (non-hydrogen) atoms. The number of nitrogens with one attached hydrogen (secondary N) is 1. The Morgan fingerprint density at radius 3 is 2.33 bits per heavy atom. The second-order valence-corrected chi connectivity index (χ2v) is 7.93. The fourth-order valence-corrected chi connectivity index (χ4v) is 3.46. The smallest absolute Gasteiger partial charge is 0.323 e. The molecule has 118 valence electrons. The SMILES string of the molecule is COC(=O)[C@H](C)NS(=O)(=O)c1cc(S(C)(=O)=O)ccc1F. The average molecular weight is 339 g/mol. The Hall–Kier alpha value is -1.52. The van der Waals surface area contributed by atoms with Crippen molar-refractivity contribution in [1.29, 1.82) is 0 Å². The van der Waals surface area contributed by atoms with Crippen LogP contribution < -0.4 is 4.72 Å². The number of hydrogen-bond donors (Lipinski definition) is 1. The molecule has 1 rings (SSSR count). The van der Waals surface area contributed by atoms with Crippen LogP contribution in [0.4, 0.5) is 4.39 Å². The van der Waals surface area contributed by atoms with E-state index in [1.165, 1.54) is 6.92 Å². The van der Waals surface area contributed by atoms with Crippen LogP contribution in [-0.2, 0) is 29.4 Å². The van der Waals surface area contributed by atoms with E-state index in [4.69, 9.17) is 0 Å². The summed E-state index contributed by atoms with van der Waals surface area (Å²) in [6, 6.07) is 1.12. The minimum Gasteiger partial charge on any atom is -0.468 e. The van der Waals surface area contributed by atoms with Gasteiger partial charge >= 0.3 is 5.97 Å². The minimum absolute atomic E-state index is 0.352. The van der Waals surface area contributed by atoms with Crippen LogP contribution in [0.1, 0.15) is 6.92 Å². The molecule has 1 aromatic rings. The third kappa shape index (κ3) is 4.22. The van der Waals surface area contributed by atoms with Crippen molar-refractivity contribution >= 4 is 25.8 Å². The van der Waals surface area contributed by atoms with Crippen molar-refractivity contribution in [2.75, 3.05) is 13.4 Å². The van der Waals surface area contributed by atoms with E-state index in [-0.39, 0.29) is 4.90 Å². The number of sulfonamides is 1. The molecule has 7 nitrogen and oxygen atoms in total. The molecule has 0 unspecified atom stereocenters. The fraction of sp³-hybridized carbons (Fsp3) is 0.364. The van der Waals surface area contributed by atoms with Crippen molar-refractivity contribution in [2.45, 2.75) is 22.8 Å². The molecule has 0 radical (unpaired) electrons. The van der Waals surface area contributed by atoms with Crippen molar-refractivity contribution in [3.05, 3.63) is 24.0 Å². The Balaban J connectivity index is 3.29. The summed E-state index contributed by atoms with van der Waals surface area (Å²) in [5, 5.41) is 0. The van der Waals surface area contributed by atoms with Gasteiger partial charge in [0.25, 0.3) is 0 Å². The summed E-state index contributed by atoms with van der Waals surface area (Å²) < 4.78 is 66.7. The molecule has 0 saturated heterocycles. The lowest BCUT2D eigenvalue weighted by Crippen LogP contribution is -2.39. The molecule has 0 fully saturated rings. The maximum atomic E-state index is 13.7. The zero-order chi connectivity index (χ0) is 16.4. The van der Waals surface area contributed by atoms with Crippen LogP contribution in [0, 0.1) is 5.82 Å². The van der Waals surface area contributed by atoms with Gasteiger partial charge in [-0.1, -0.05) is 0 Å². The summed E-state index contributed by atoms with van der Waals surface area (Å²) in [7, 11) is -7.05. The third-order valence-corrected chi connectivity index (χ3v) is 5.17. The van der Waals surface area contributed by atoms with Crippen molar-refractivity contribution in [1.82, 2.24) is 4.72 Å². The predicted molar refractivity (Wildman–Crippen MR) is 71.3 cm³/mol. The van der Waals surface area contributed by atoms with E-state index in [0.29, 0.717) is 6.07 Å². The lowest BCUT2D eigenvalue weighted by atomic mass is 10.3. The fourth-order valence-electron chi connectivity index (χ4n) is 1.44. The zero-order valence-electron chi connectivity index (χ0n) is 11.5. The van der Waals surface area contributed by atoms with E-state index >= 15 is 0 Å². The van der Waals surface area contributed by atoms with Crippen molar-refractivity contribution in [3.63, 3.8) is 0 Å². The Kier molecular flexibility index (Phi) is 5.07. The van der Waals surface area contributed by atoms with Gasteiger partial charge in [0.15, 0.2) is 9.84 Å². The molecule has 0 aliphatic heterocycles. The molecule has 0 heterocycles. The number of hydrogen-bond acceptors (Lipinski definition) is 6.